The molecule has 0 N–H and O–H groups in total. The second-order valence-corrected chi connectivity index (χ2v) is 8.07. The van der Waals surface area contributed by atoms with Gasteiger partial charge in [0.15, 0.2) is 0 Å². The predicted octanol–water partition coefficient (Wildman–Crippen LogP) is 7.97. The summed E-state index contributed by atoms with van der Waals surface area (Å²) in [5, 5.41) is 6.27. The van der Waals surface area contributed by atoms with Crippen molar-refractivity contribution in [3.05, 3.63) is 127 Å². The summed E-state index contributed by atoms with van der Waals surface area (Å²) in [5.41, 5.74) is 0. The smallest absolute Gasteiger partial charge is 0.406 e. The lowest BCUT2D eigenvalue weighted by atomic mass is 10.1. The standard InChI is InChI=1S/C31H22O3/c1-4-16-25-22(10-1)13-7-19-28(25)32-31(33-29-20-8-14-23-11-2-5-17-26(23)29)34-30-21-9-15-24-12-3-6-18-27(24)30/h1-21,31H. The van der Waals surface area contributed by atoms with Crippen molar-refractivity contribution >= 4 is 32.3 Å². The zero-order valence-corrected chi connectivity index (χ0v) is 18.4. The summed E-state index contributed by atoms with van der Waals surface area (Å²) >= 11 is 0. The Hall–Kier alpha value is -4.50. The summed E-state index contributed by atoms with van der Waals surface area (Å²) in [6.07, 6.45) is 0. The molecule has 6 rings (SSSR count). The summed E-state index contributed by atoms with van der Waals surface area (Å²) in [5.74, 6) is 2.09. The molecule has 0 saturated carbocycles. The highest BCUT2D eigenvalue weighted by Gasteiger charge is 2.19. The van der Waals surface area contributed by atoms with Gasteiger partial charge in [0.1, 0.15) is 17.2 Å². The van der Waals surface area contributed by atoms with E-state index in [9.17, 15) is 0 Å². The highest BCUT2D eigenvalue weighted by atomic mass is 16.8. The Labute approximate surface area is 197 Å². The van der Waals surface area contributed by atoms with Gasteiger partial charge < -0.3 is 14.2 Å². The average molecular weight is 443 g/mol. The third-order valence-corrected chi connectivity index (χ3v) is 5.92. The molecule has 0 bridgehead atoms. The molecule has 0 amide bonds. The molecular formula is C31H22O3. The van der Waals surface area contributed by atoms with Gasteiger partial charge in [0.05, 0.1) is 0 Å². The van der Waals surface area contributed by atoms with Crippen LogP contribution in [0.1, 0.15) is 0 Å². The zero-order chi connectivity index (χ0) is 22.7. The van der Waals surface area contributed by atoms with Gasteiger partial charge in [0.25, 0.3) is 0 Å². The van der Waals surface area contributed by atoms with Crippen LogP contribution in [-0.2, 0) is 0 Å². The van der Waals surface area contributed by atoms with Crippen molar-refractivity contribution in [1.82, 2.24) is 0 Å². The van der Waals surface area contributed by atoms with E-state index >= 15 is 0 Å². The van der Waals surface area contributed by atoms with Crippen LogP contribution in [0.3, 0.4) is 0 Å². The molecule has 34 heavy (non-hydrogen) atoms. The molecule has 6 aromatic rings. The van der Waals surface area contributed by atoms with E-state index in [0.717, 1.165) is 32.3 Å². The summed E-state index contributed by atoms with van der Waals surface area (Å²) < 4.78 is 19.2. The van der Waals surface area contributed by atoms with E-state index in [1.807, 2.05) is 91.0 Å². The summed E-state index contributed by atoms with van der Waals surface area (Å²) in [7, 11) is 0. The maximum Gasteiger partial charge on any atom is 0.406 e. The highest BCUT2D eigenvalue weighted by Crippen LogP contribution is 2.32. The first-order valence-electron chi connectivity index (χ1n) is 11.3. The van der Waals surface area contributed by atoms with E-state index < -0.39 is 6.48 Å². The molecule has 0 aliphatic rings. The molecule has 6 aromatic carbocycles. The van der Waals surface area contributed by atoms with Gasteiger partial charge in [-0.05, 0) is 34.4 Å². The SMILES string of the molecule is c1ccc2c(OC(Oc3cccc4ccccc34)Oc3cccc4ccccc34)cccc2c1. The monoisotopic (exact) mass is 442 g/mol. The molecule has 0 aliphatic heterocycles. The second-order valence-electron chi connectivity index (χ2n) is 8.07. The van der Waals surface area contributed by atoms with Crippen LogP contribution in [0.2, 0.25) is 0 Å². The van der Waals surface area contributed by atoms with Gasteiger partial charge in [-0.25, -0.2) is 0 Å². The minimum atomic E-state index is -0.998. The van der Waals surface area contributed by atoms with Gasteiger partial charge in [-0.2, -0.15) is 0 Å². The minimum absolute atomic E-state index is 0.698. The molecule has 0 aliphatic carbocycles. The van der Waals surface area contributed by atoms with Crippen LogP contribution in [0.5, 0.6) is 17.2 Å². The van der Waals surface area contributed by atoms with Gasteiger partial charge in [-0.1, -0.05) is 109 Å². The third kappa shape index (κ3) is 3.89. The molecule has 0 aromatic heterocycles. The van der Waals surface area contributed by atoms with Crippen molar-refractivity contribution < 1.29 is 14.2 Å². The van der Waals surface area contributed by atoms with Crippen LogP contribution < -0.4 is 14.2 Å². The molecule has 0 spiro atoms. The second kappa shape index (κ2) is 8.80. The van der Waals surface area contributed by atoms with E-state index in [1.54, 1.807) is 0 Å². The molecule has 3 nitrogen and oxygen atoms in total. The van der Waals surface area contributed by atoms with Crippen LogP contribution >= 0.6 is 0 Å². The molecule has 0 atom stereocenters. The van der Waals surface area contributed by atoms with Gasteiger partial charge in [0, 0.05) is 16.2 Å². The van der Waals surface area contributed by atoms with Crippen LogP contribution in [0.25, 0.3) is 32.3 Å². The van der Waals surface area contributed by atoms with E-state index in [1.165, 1.54) is 0 Å². The van der Waals surface area contributed by atoms with E-state index in [0.29, 0.717) is 17.2 Å². The molecule has 0 heterocycles. The van der Waals surface area contributed by atoms with Gasteiger partial charge in [-0.3, -0.25) is 0 Å². The first kappa shape index (κ1) is 20.1. The molecule has 0 fully saturated rings. The summed E-state index contributed by atoms with van der Waals surface area (Å²) in [6, 6.07) is 42.3. The fourth-order valence-electron chi connectivity index (χ4n) is 4.28. The van der Waals surface area contributed by atoms with Gasteiger partial charge in [0.2, 0.25) is 0 Å². The van der Waals surface area contributed by atoms with Crippen molar-refractivity contribution in [3.8, 4) is 17.2 Å². The maximum absolute atomic E-state index is 6.39. The van der Waals surface area contributed by atoms with E-state index in [2.05, 4.69) is 36.4 Å². The Balaban J connectivity index is 1.42. The Morgan fingerprint density at radius 3 is 0.971 bits per heavy atom. The van der Waals surface area contributed by atoms with Crippen LogP contribution in [0.4, 0.5) is 0 Å². The molecule has 3 heteroatoms. The Kier molecular flexibility index (Phi) is 5.21. The quantitative estimate of drug-likeness (QED) is 0.245. The zero-order valence-electron chi connectivity index (χ0n) is 18.4. The van der Waals surface area contributed by atoms with E-state index in [4.69, 9.17) is 14.2 Å². The predicted molar refractivity (Wildman–Crippen MR) is 138 cm³/mol. The van der Waals surface area contributed by atoms with Crippen molar-refractivity contribution in [1.29, 1.82) is 0 Å². The third-order valence-electron chi connectivity index (χ3n) is 5.92. The fourth-order valence-corrected chi connectivity index (χ4v) is 4.28. The van der Waals surface area contributed by atoms with Crippen LogP contribution in [0, 0.1) is 0 Å². The number of rotatable bonds is 6. The Bertz CT molecular complexity index is 1400. The molecule has 0 saturated heterocycles. The molecule has 164 valence electrons. The van der Waals surface area contributed by atoms with Gasteiger partial charge >= 0.3 is 6.48 Å². The van der Waals surface area contributed by atoms with Crippen molar-refractivity contribution in [2.45, 2.75) is 6.48 Å². The summed E-state index contributed by atoms with van der Waals surface area (Å²) in [6.45, 7) is -0.998. The number of hydrogen-bond acceptors (Lipinski definition) is 3. The number of hydrogen-bond donors (Lipinski definition) is 0. The largest absolute Gasteiger partial charge is 0.422 e. The average Bonchev–Trinajstić information content (AvgIpc) is 2.89. The topological polar surface area (TPSA) is 27.7 Å². The highest BCUT2D eigenvalue weighted by molar-refractivity contribution is 5.90. The lowest BCUT2D eigenvalue weighted by Crippen LogP contribution is -2.30. The Morgan fingerprint density at radius 2 is 0.618 bits per heavy atom. The number of fused-ring (bicyclic) bond motifs is 3. The van der Waals surface area contributed by atoms with Crippen molar-refractivity contribution in [2.24, 2.45) is 0 Å². The van der Waals surface area contributed by atoms with Crippen LogP contribution in [-0.4, -0.2) is 6.48 Å². The molecule has 0 unspecified atom stereocenters. The van der Waals surface area contributed by atoms with Gasteiger partial charge in [-0.15, -0.1) is 0 Å². The lowest BCUT2D eigenvalue weighted by molar-refractivity contribution is -0.138. The molecule has 0 radical (unpaired) electrons. The normalized spacial score (nSPS) is 11.2. The van der Waals surface area contributed by atoms with Crippen molar-refractivity contribution in [3.63, 3.8) is 0 Å². The first-order valence-corrected chi connectivity index (χ1v) is 11.3. The first-order chi connectivity index (χ1) is 16.8. The molecular weight excluding hydrogens is 420 g/mol. The lowest BCUT2D eigenvalue weighted by Gasteiger charge is -2.23. The van der Waals surface area contributed by atoms with Crippen molar-refractivity contribution in [2.75, 3.05) is 0 Å². The van der Waals surface area contributed by atoms with E-state index in [-0.39, 0.29) is 0 Å². The summed E-state index contributed by atoms with van der Waals surface area (Å²) in [4.78, 5) is 0. The van der Waals surface area contributed by atoms with Crippen LogP contribution in [0.15, 0.2) is 127 Å². The number of benzene rings is 6. The number of ether oxygens (including phenoxy) is 3. The fraction of sp³-hybridized carbons (Fsp3) is 0.0323. The maximum atomic E-state index is 6.39. The Morgan fingerprint density at radius 1 is 0.324 bits per heavy atom. The minimum Gasteiger partial charge on any atom is -0.422 e.